The van der Waals surface area contributed by atoms with E-state index >= 15 is 0 Å². The maximum absolute atomic E-state index is 9.60. The van der Waals surface area contributed by atoms with Crippen LogP contribution in [-0.4, -0.2) is 18.3 Å². The second-order valence-electron chi connectivity index (χ2n) is 5.15. The van der Waals surface area contributed by atoms with Crippen LogP contribution >= 0.6 is 11.8 Å². The maximum Gasteiger partial charge on any atom is 0.118 e. The molecular formula is C20H16N2OS. The van der Waals surface area contributed by atoms with E-state index in [1.54, 1.807) is 7.11 Å². The van der Waals surface area contributed by atoms with Gasteiger partial charge in [-0.05, 0) is 42.2 Å². The van der Waals surface area contributed by atoms with Crippen molar-refractivity contribution in [3.63, 3.8) is 0 Å². The summed E-state index contributed by atoms with van der Waals surface area (Å²) in [5, 5.41) is 10.3. The number of nitriles is 1. The van der Waals surface area contributed by atoms with E-state index in [1.807, 2.05) is 66.9 Å². The van der Waals surface area contributed by atoms with Crippen molar-refractivity contribution < 1.29 is 4.74 Å². The van der Waals surface area contributed by atoms with Crippen LogP contribution in [-0.2, 0) is 0 Å². The lowest BCUT2D eigenvalue weighted by Crippen LogP contribution is -1.95. The summed E-state index contributed by atoms with van der Waals surface area (Å²) in [4.78, 5) is 4.67. The Balaban J connectivity index is 2.19. The lowest BCUT2D eigenvalue weighted by molar-refractivity contribution is 0.415. The van der Waals surface area contributed by atoms with Gasteiger partial charge in [0.2, 0.25) is 0 Å². The number of ether oxygens (including phenoxy) is 1. The fourth-order valence-electron chi connectivity index (χ4n) is 2.53. The summed E-state index contributed by atoms with van der Waals surface area (Å²) >= 11 is 1.49. The Morgan fingerprint density at radius 2 is 1.71 bits per heavy atom. The zero-order valence-electron chi connectivity index (χ0n) is 13.5. The Morgan fingerprint density at radius 3 is 2.29 bits per heavy atom. The molecule has 4 heteroatoms. The molecule has 0 aliphatic heterocycles. The quantitative estimate of drug-likeness (QED) is 0.630. The highest BCUT2D eigenvalue weighted by Crippen LogP contribution is 2.33. The first-order chi connectivity index (χ1) is 11.8. The van der Waals surface area contributed by atoms with Crippen LogP contribution in [0.4, 0.5) is 0 Å². The summed E-state index contributed by atoms with van der Waals surface area (Å²) in [6.45, 7) is 0. The number of hydrogen-bond donors (Lipinski definition) is 0. The van der Waals surface area contributed by atoms with Crippen molar-refractivity contribution in [3.8, 4) is 34.2 Å². The van der Waals surface area contributed by atoms with Crippen LogP contribution in [0.25, 0.3) is 22.4 Å². The minimum Gasteiger partial charge on any atom is -0.497 e. The molecule has 0 amide bonds. The SMILES string of the molecule is COc1ccc(-c2cc(-c3ccccc3)c(C#N)c(SC)n2)cc1. The molecule has 3 aromatic rings. The molecule has 0 saturated carbocycles. The Morgan fingerprint density at radius 1 is 1.00 bits per heavy atom. The van der Waals surface area contributed by atoms with Crippen LogP contribution in [0.5, 0.6) is 5.75 Å². The minimum atomic E-state index is 0.617. The number of hydrogen-bond acceptors (Lipinski definition) is 4. The molecule has 0 saturated heterocycles. The maximum atomic E-state index is 9.60. The van der Waals surface area contributed by atoms with Crippen molar-refractivity contribution in [1.82, 2.24) is 4.98 Å². The summed E-state index contributed by atoms with van der Waals surface area (Å²) in [6.07, 6.45) is 1.94. The van der Waals surface area contributed by atoms with Crippen LogP contribution in [0.15, 0.2) is 65.7 Å². The molecule has 1 aromatic heterocycles. The summed E-state index contributed by atoms with van der Waals surface area (Å²) < 4.78 is 5.21. The number of benzene rings is 2. The van der Waals surface area contributed by atoms with Crippen molar-refractivity contribution in [2.45, 2.75) is 5.03 Å². The van der Waals surface area contributed by atoms with Gasteiger partial charge in [0.15, 0.2) is 0 Å². The van der Waals surface area contributed by atoms with Crippen molar-refractivity contribution in [1.29, 1.82) is 5.26 Å². The van der Waals surface area contributed by atoms with Crippen LogP contribution in [0.1, 0.15) is 5.56 Å². The van der Waals surface area contributed by atoms with Gasteiger partial charge in [-0.1, -0.05) is 30.3 Å². The zero-order chi connectivity index (χ0) is 16.9. The molecule has 0 fully saturated rings. The molecule has 0 N–H and O–H groups in total. The first kappa shape index (κ1) is 16.1. The van der Waals surface area contributed by atoms with E-state index in [2.05, 4.69) is 11.1 Å². The average molecular weight is 332 g/mol. The van der Waals surface area contributed by atoms with E-state index in [0.717, 1.165) is 33.2 Å². The van der Waals surface area contributed by atoms with Crippen LogP contribution in [0.2, 0.25) is 0 Å². The molecule has 0 atom stereocenters. The van der Waals surface area contributed by atoms with Gasteiger partial charge >= 0.3 is 0 Å². The number of methoxy groups -OCH3 is 1. The van der Waals surface area contributed by atoms with E-state index in [9.17, 15) is 5.26 Å². The van der Waals surface area contributed by atoms with E-state index in [4.69, 9.17) is 4.74 Å². The molecule has 0 bridgehead atoms. The highest BCUT2D eigenvalue weighted by atomic mass is 32.2. The second kappa shape index (κ2) is 7.20. The minimum absolute atomic E-state index is 0.617. The first-order valence-electron chi connectivity index (χ1n) is 7.45. The fraction of sp³-hybridized carbons (Fsp3) is 0.100. The molecule has 0 spiro atoms. The average Bonchev–Trinajstić information content (AvgIpc) is 2.67. The number of aromatic nitrogens is 1. The molecular weight excluding hydrogens is 316 g/mol. The van der Waals surface area contributed by atoms with Crippen molar-refractivity contribution in [3.05, 3.63) is 66.2 Å². The molecule has 3 rings (SSSR count). The van der Waals surface area contributed by atoms with Gasteiger partial charge in [0.1, 0.15) is 16.8 Å². The first-order valence-corrected chi connectivity index (χ1v) is 8.68. The van der Waals surface area contributed by atoms with Gasteiger partial charge in [-0.3, -0.25) is 0 Å². The molecule has 1 heterocycles. The largest absolute Gasteiger partial charge is 0.497 e. The van der Waals surface area contributed by atoms with Crippen LogP contribution in [0, 0.1) is 11.3 Å². The molecule has 118 valence electrons. The second-order valence-corrected chi connectivity index (χ2v) is 5.94. The lowest BCUT2D eigenvalue weighted by atomic mass is 9.99. The molecule has 0 unspecified atom stereocenters. The predicted octanol–water partition coefficient (Wildman–Crippen LogP) is 5.02. The third-order valence-corrected chi connectivity index (χ3v) is 4.44. The molecule has 0 aliphatic carbocycles. The van der Waals surface area contributed by atoms with Gasteiger partial charge in [-0.25, -0.2) is 4.98 Å². The Kier molecular flexibility index (Phi) is 4.83. The van der Waals surface area contributed by atoms with Crippen molar-refractivity contribution >= 4 is 11.8 Å². The van der Waals surface area contributed by atoms with E-state index < -0.39 is 0 Å². The zero-order valence-corrected chi connectivity index (χ0v) is 14.3. The van der Waals surface area contributed by atoms with E-state index in [-0.39, 0.29) is 0 Å². The van der Waals surface area contributed by atoms with Crippen molar-refractivity contribution in [2.24, 2.45) is 0 Å². The number of pyridine rings is 1. The standard InChI is InChI=1S/C20H16N2OS/c1-23-16-10-8-15(9-11-16)19-12-17(14-6-4-3-5-7-14)18(13-21)20(22-19)24-2/h3-12H,1-2H3. The summed E-state index contributed by atoms with van der Waals surface area (Å²) in [5.74, 6) is 0.806. The van der Waals surface area contributed by atoms with Crippen LogP contribution < -0.4 is 4.74 Å². The van der Waals surface area contributed by atoms with Gasteiger partial charge in [-0.2, -0.15) is 5.26 Å². The van der Waals surface area contributed by atoms with Crippen molar-refractivity contribution in [2.75, 3.05) is 13.4 Å². The third kappa shape index (κ3) is 3.12. The number of thioether (sulfide) groups is 1. The monoisotopic (exact) mass is 332 g/mol. The smallest absolute Gasteiger partial charge is 0.118 e. The van der Waals surface area contributed by atoms with E-state index in [1.165, 1.54) is 11.8 Å². The number of nitrogens with zero attached hydrogens (tertiary/aromatic N) is 2. The summed E-state index contributed by atoms with van der Waals surface area (Å²) in [6, 6.07) is 22.0. The Labute approximate surface area is 145 Å². The van der Waals surface area contributed by atoms with Gasteiger partial charge < -0.3 is 4.74 Å². The molecule has 2 aromatic carbocycles. The highest BCUT2D eigenvalue weighted by Gasteiger charge is 2.14. The van der Waals surface area contributed by atoms with Gasteiger partial charge in [0.25, 0.3) is 0 Å². The molecule has 0 aliphatic rings. The molecule has 0 radical (unpaired) electrons. The van der Waals surface area contributed by atoms with Gasteiger partial charge in [0, 0.05) is 11.1 Å². The van der Waals surface area contributed by atoms with Gasteiger partial charge in [0.05, 0.1) is 18.4 Å². The number of rotatable bonds is 4. The third-order valence-electron chi connectivity index (χ3n) is 3.76. The van der Waals surface area contributed by atoms with Crippen LogP contribution in [0.3, 0.4) is 0 Å². The Bertz CT molecular complexity index is 884. The Hall–Kier alpha value is -2.77. The topological polar surface area (TPSA) is 45.9 Å². The van der Waals surface area contributed by atoms with E-state index in [0.29, 0.717) is 5.56 Å². The summed E-state index contributed by atoms with van der Waals surface area (Å²) in [7, 11) is 1.65. The molecule has 24 heavy (non-hydrogen) atoms. The predicted molar refractivity (Wildman–Crippen MR) is 98.2 cm³/mol. The summed E-state index contributed by atoms with van der Waals surface area (Å²) in [5.41, 5.74) is 4.38. The highest BCUT2D eigenvalue weighted by molar-refractivity contribution is 7.98. The van der Waals surface area contributed by atoms with Gasteiger partial charge in [-0.15, -0.1) is 11.8 Å². The molecule has 3 nitrogen and oxygen atoms in total. The lowest BCUT2D eigenvalue weighted by Gasteiger charge is -2.11. The normalized spacial score (nSPS) is 10.2. The fourth-order valence-corrected chi connectivity index (χ4v) is 3.08.